The number of nitrogens with zero attached hydrogens (tertiary/aromatic N) is 4. The highest BCUT2D eigenvalue weighted by molar-refractivity contribution is 6.42. The first-order valence-electron chi connectivity index (χ1n) is 8.65. The van der Waals surface area contributed by atoms with E-state index in [4.69, 9.17) is 4.74 Å². The highest BCUT2D eigenvalue weighted by Gasteiger charge is 2.50. The van der Waals surface area contributed by atoms with Gasteiger partial charge in [0.2, 0.25) is 11.9 Å². The van der Waals surface area contributed by atoms with E-state index in [9.17, 15) is 39.6 Å². The van der Waals surface area contributed by atoms with Gasteiger partial charge in [-0.3, -0.25) is 24.5 Å². The average molecular weight is 417 g/mol. The summed E-state index contributed by atoms with van der Waals surface area (Å²) in [5.74, 6) is -4.53. The number of carbonyl (C=O) groups excluding carboxylic acids is 4. The fraction of sp³-hybridized carbons (Fsp3) is 0.733. The summed E-state index contributed by atoms with van der Waals surface area (Å²) < 4.78 is 5.13. The van der Waals surface area contributed by atoms with Crippen LogP contribution in [0.2, 0.25) is 0 Å². The highest BCUT2D eigenvalue weighted by atomic mass is 16.6. The maximum absolute atomic E-state index is 12.3. The molecule has 0 aromatic rings. The maximum Gasteiger partial charge on any atom is 0.316 e. The Balaban J connectivity index is 2.10. The minimum atomic E-state index is -1.90. The molecule has 6 unspecified atom stereocenters. The van der Waals surface area contributed by atoms with Gasteiger partial charge >= 0.3 is 5.91 Å². The van der Waals surface area contributed by atoms with Crippen molar-refractivity contribution in [3.05, 3.63) is 0 Å². The lowest BCUT2D eigenvalue weighted by atomic mass is 9.98. The molecule has 14 nitrogen and oxygen atoms in total. The van der Waals surface area contributed by atoms with Crippen molar-refractivity contribution < 1.29 is 44.3 Å². The van der Waals surface area contributed by atoms with Crippen molar-refractivity contribution in [1.29, 1.82) is 0 Å². The molecule has 2 aliphatic heterocycles. The molecule has 1 saturated heterocycles. The van der Waals surface area contributed by atoms with E-state index >= 15 is 0 Å². The molecule has 29 heavy (non-hydrogen) atoms. The number of carbonyl (C=O) groups is 4. The van der Waals surface area contributed by atoms with Crippen LogP contribution in [0.15, 0.2) is 10.3 Å². The number of amides is 3. The first-order valence-corrected chi connectivity index (χ1v) is 8.65. The Morgan fingerprint density at radius 3 is 2.41 bits per heavy atom. The van der Waals surface area contributed by atoms with Gasteiger partial charge in [-0.15, -0.1) is 5.11 Å². The van der Waals surface area contributed by atoms with E-state index in [1.165, 1.54) is 0 Å². The molecule has 3 amide bonds. The second kappa shape index (κ2) is 9.43. The minimum Gasteiger partial charge on any atom is -0.394 e. The van der Waals surface area contributed by atoms with Crippen LogP contribution in [-0.4, -0.2) is 118 Å². The summed E-state index contributed by atoms with van der Waals surface area (Å²) >= 11 is 0. The molecular weight excluding hydrogens is 394 g/mol. The highest BCUT2D eigenvalue weighted by Crippen LogP contribution is 2.26. The Morgan fingerprint density at radius 1 is 1.17 bits per heavy atom. The fourth-order valence-corrected chi connectivity index (χ4v) is 2.65. The first kappa shape index (κ1) is 22.9. The third-order valence-corrected chi connectivity index (χ3v) is 4.34. The third-order valence-electron chi connectivity index (χ3n) is 4.34. The molecule has 5 N–H and O–H groups in total. The molecule has 0 radical (unpaired) electrons. The normalized spacial score (nSPS) is 32.6. The molecule has 2 heterocycles. The fourth-order valence-electron chi connectivity index (χ4n) is 2.65. The van der Waals surface area contributed by atoms with Crippen LogP contribution in [0.5, 0.6) is 0 Å². The van der Waals surface area contributed by atoms with Gasteiger partial charge in [-0.1, -0.05) is 5.22 Å². The molecule has 0 bridgehead atoms. The van der Waals surface area contributed by atoms with Crippen molar-refractivity contribution in [3.8, 4) is 0 Å². The Morgan fingerprint density at radius 2 is 1.83 bits per heavy atom. The number of Topliss-reactive ketones (excluding diaryl/α,β-unsaturated/α-hetero) is 1. The zero-order valence-electron chi connectivity index (χ0n) is 15.7. The molecule has 14 heteroatoms. The van der Waals surface area contributed by atoms with Gasteiger partial charge in [-0.05, 0) is 14.1 Å². The van der Waals surface area contributed by atoms with Crippen LogP contribution < -0.4 is 5.32 Å². The van der Waals surface area contributed by atoms with Crippen molar-refractivity contribution in [1.82, 2.24) is 15.2 Å². The van der Waals surface area contributed by atoms with Gasteiger partial charge in [-0.25, -0.2) is 0 Å². The van der Waals surface area contributed by atoms with E-state index < -0.39 is 66.8 Å². The minimum absolute atomic E-state index is 0.0261. The number of hydrogen-bond donors (Lipinski definition) is 5. The van der Waals surface area contributed by atoms with Crippen LogP contribution in [-0.2, 0) is 23.9 Å². The largest absolute Gasteiger partial charge is 0.394 e. The Hall–Kier alpha value is -2.36. The number of nitrogens with one attached hydrogen (secondary N) is 1. The van der Waals surface area contributed by atoms with Crippen LogP contribution in [0.1, 0.15) is 6.42 Å². The van der Waals surface area contributed by atoms with Crippen molar-refractivity contribution in [2.24, 2.45) is 10.3 Å². The van der Waals surface area contributed by atoms with Crippen molar-refractivity contribution in [2.45, 2.75) is 43.1 Å². The number of rotatable bonds is 6. The molecule has 0 aliphatic carbocycles. The number of ketones is 1. The third kappa shape index (κ3) is 4.98. The predicted octanol–water partition coefficient (Wildman–Crippen LogP) is -4.47. The van der Waals surface area contributed by atoms with E-state index in [1.807, 2.05) is 5.32 Å². The summed E-state index contributed by atoms with van der Waals surface area (Å²) in [6.45, 7) is -0.405. The first-order chi connectivity index (χ1) is 13.6. The van der Waals surface area contributed by atoms with Crippen molar-refractivity contribution >= 4 is 23.5 Å². The Labute approximate surface area is 164 Å². The molecule has 0 aromatic heterocycles. The van der Waals surface area contributed by atoms with Crippen LogP contribution in [0, 0.1) is 0 Å². The van der Waals surface area contributed by atoms with Crippen LogP contribution in [0.4, 0.5) is 0 Å². The summed E-state index contributed by atoms with van der Waals surface area (Å²) in [4.78, 5) is 50.1. The van der Waals surface area contributed by atoms with Gasteiger partial charge in [-0.2, -0.15) is 5.01 Å². The lowest BCUT2D eigenvalue weighted by molar-refractivity contribution is -0.263. The zero-order chi connectivity index (χ0) is 21.9. The van der Waals surface area contributed by atoms with Crippen LogP contribution in [0.3, 0.4) is 0 Å². The molecule has 0 saturated carbocycles. The van der Waals surface area contributed by atoms with Crippen LogP contribution in [0.25, 0.3) is 0 Å². The summed E-state index contributed by atoms with van der Waals surface area (Å²) in [6.07, 6.45) is -8.46. The average Bonchev–Trinajstić information content (AvgIpc) is 2.67. The molecule has 0 aromatic carbocycles. The maximum atomic E-state index is 12.3. The van der Waals surface area contributed by atoms with Gasteiger partial charge in [0.25, 0.3) is 11.7 Å². The number of aliphatic hydroxyl groups is 4. The Bertz CT molecular complexity index is 698. The van der Waals surface area contributed by atoms with Gasteiger partial charge < -0.3 is 30.1 Å². The number of hydrogen-bond acceptors (Lipinski definition) is 12. The topological polar surface area (TPSA) is 202 Å². The van der Waals surface area contributed by atoms with E-state index in [2.05, 4.69) is 10.3 Å². The molecule has 2 rings (SSSR count). The van der Waals surface area contributed by atoms with Gasteiger partial charge in [0, 0.05) is 13.0 Å². The number of aliphatic hydroxyl groups excluding tert-OH is 4. The number of ether oxygens (including phenoxy) is 1. The van der Waals surface area contributed by atoms with Crippen molar-refractivity contribution in [3.63, 3.8) is 0 Å². The van der Waals surface area contributed by atoms with Crippen molar-refractivity contribution in [2.75, 3.05) is 27.2 Å². The zero-order valence-corrected chi connectivity index (χ0v) is 15.7. The van der Waals surface area contributed by atoms with E-state index in [1.54, 1.807) is 19.0 Å². The molecule has 1 fully saturated rings. The second-order valence-electron chi connectivity index (χ2n) is 6.81. The van der Waals surface area contributed by atoms with E-state index in [0.29, 0.717) is 11.6 Å². The second-order valence-corrected chi connectivity index (χ2v) is 6.81. The molecule has 0 spiro atoms. The standard InChI is InChI=1S/C15H23N5O9/c1-19(2)4-3-7(22)16-13(27)8-10(24)14(28)20(18-17-8)15-12(26)11(25)9(23)6(5-21)29-15/h6,8-9,11-12,15,21,23,25-26H,3-5H2,1-2H3,(H,16,22,27). The quantitative estimate of drug-likeness (QED) is 0.207. The summed E-state index contributed by atoms with van der Waals surface area (Å²) in [7, 11) is 3.44. The summed E-state index contributed by atoms with van der Waals surface area (Å²) in [5, 5.41) is 47.8. The molecular formula is C15H23N5O9. The molecule has 6 atom stereocenters. The van der Waals surface area contributed by atoms with Crippen LogP contribution >= 0.6 is 0 Å². The SMILES string of the molecule is CN(C)CCC(=O)NC(=O)C1N=NN(C2OC(CO)C(O)C(O)C2O)C(=O)C1=O. The van der Waals surface area contributed by atoms with Gasteiger partial charge in [0.05, 0.1) is 6.61 Å². The Kier molecular flexibility index (Phi) is 7.45. The predicted molar refractivity (Wildman–Crippen MR) is 90.6 cm³/mol. The number of imide groups is 1. The monoisotopic (exact) mass is 417 g/mol. The molecule has 2 aliphatic rings. The van der Waals surface area contributed by atoms with Gasteiger partial charge in [0.1, 0.15) is 24.4 Å². The summed E-state index contributed by atoms with van der Waals surface area (Å²) in [5.41, 5.74) is 0. The lowest BCUT2D eigenvalue weighted by Crippen LogP contribution is -2.64. The molecule has 162 valence electrons. The lowest BCUT2D eigenvalue weighted by Gasteiger charge is -2.42. The smallest absolute Gasteiger partial charge is 0.316 e. The van der Waals surface area contributed by atoms with Gasteiger partial charge in [0.15, 0.2) is 6.23 Å². The summed E-state index contributed by atoms with van der Waals surface area (Å²) in [6, 6.07) is -1.90. The van der Waals surface area contributed by atoms with E-state index in [0.717, 1.165) is 0 Å². The van der Waals surface area contributed by atoms with E-state index in [-0.39, 0.29) is 6.42 Å².